The van der Waals surface area contributed by atoms with E-state index in [1.807, 2.05) is 78.2 Å². The van der Waals surface area contributed by atoms with Crippen molar-refractivity contribution < 1.29 is 19.1 Å². The standard InChI is InChI=1S/C26H23N3O4S/c1-18(30)22(15-19-9-4-2-5-10-19)27-24(31)17-33-26(32)21-16-29(20-11-6-3-7-12-20)28-25(21)23-13-8-14-34-23/h2-14,16,22H,15,17H2,1H3,(H,27,31). The number of thiophene rings is 1. The molecule has 1 N–H and O–H groups in total. The SMILES string of the molecule is CC(=O)C(Cc1ccccc1)NC(=O)COC(=O)c1cn(-c2ccccc2)nc1-c1cccs1. The predicted octanol–water partition coefficient (Wildman–Crippen LogP) is 4.07. The highest BCUT2D eigenvalue weighted by atomic mass is 32.1. The Hall–Kier alpha value is -4.04. The minimum atomic E-state index is -0.698. The van der Waals surface area contributed by atoms with Crippen molar-refractivity contribution in [3.8, 4) is 16.3 Å². The third-order valence-corrected chi connectivity index (χ3v) is 6.03. The van der Waals surface area contributed by atoms with Crippen LogP contribution in [-0.2, 0) is 20.7 Å². The average molecular weight is 474 g/mol. The Kier molecular flexibility index (Phi) is 7.29. The lowest BCUT2D eigenvalue weighted by molar-refractivity contribution is -0.128. The van der Waals surface area contributed by atoms with Crippen LogP contribution >= 0.6 is 11.3 Å². The van der Waals surface area contributed by atoms with Gasteiger partial charge in [0.2, 0.25) is 0 Å². The van der Waals surface area contributed by atoms with Gasteiger partial charge in [-0.1, -0.05) is 54.6 Å². The summed E-state index contributed by atoms with van der Waals surface area (Å²) in [4.78, 5) is 38.2. The van der Waals surface area contributed by atoms with E-state index in [9.17, 15) is 14.4 Å². The number of nitrogens with one attached hydrogen (secondary N) is 1. The highest BCUT2D eigenvalue weighted by molar-refractivity contribution is 7.13. The number of amides is 1. The van der Waals surface area contributed by atoms with Crippen LogP contribution in [0.15, 0.2) is 84.4 Å². The lowest BCUT2D eigenvalue weighted by Gasteiger charge is -2.16. The molecule has 4 aromatic rings. The molecule has 0 saturated heterocycles. The molecule has 0 aliphatic heterocycles. The van der Waals surface area contributed by atoms with Crippen molar-refractivity contribution in [2.45, 2.75) is 19.4 Å². The molecule has 2 aromatic carbocycles. The number of ketones is 1. The van der Waals surface area contributed by atoms with Crippen LogP contribution in [-0.4, -0.2) is 40.1 Å². The van der Waals surface area contributed by atoms with Crippen LogP contribution in [0, 0.1) is 0 Å². The summed E-state index contributed by atoms with van der Waals surface area (Å²) in [6.07, 6.45) is 1.96. The van der Waals surface area contributed by atoms with Gasteiger partial charge in [0.05, 0.1) is 16.6 Å². The number of ether oxygens (including phenoxy) is 1. The Morgan fingerprint density at radius 1 is 1.00 bits per heavy atom. The molecule has 8 heteroatoms. The van der Waals surface area contributed by atoms with Gasteiger partial charge < -0.3 is 10.1 Å². The molecular weight excluding hydrogens is 450 g/mol. The normalized spacial score (nSPS) is 11.6. The average Bonchev–Trinajstić information content (AvgIpc) is 3.53. The van der Waals surface area contributed by atoms with Crippen molar-refractivity contribution in [1.29, 1.82) is 0 Å². The van der Waals surface area contributed by atoms with Gasteiger partial charge in [-0.2, -0.15) is 5.10 Å². The molecule has 0 bridgehead atoms. The number of esters is 1. The van der Waals surface area contributed by atoms with E-state index < -0.39 is 24.5 Å². The van der Waals surface area contributed by atoms with Crippen molar-refractivity contribution in [2.24, 2.45) is 0 Å². The molecule has 0 aliphatic rings. The first-order valence-electron chi connectivity index (χ1n) is 10.7. The zero-order valence-corrected chi connectivity index (χ0v) is 19.3. The molecule has 0 radical (unpaired) electrons. The maximum absolute atomic E-state index is 12.9. The van der Waals surface area contributed by atoms with Crippen molar-refractivity contribution in [3.63, 3.8) is 0 Å². The molecule has 7 nitrogen and oxygen atoms in total. The summed E-state index contributed by atoms with van der Waals surface area (Å²) in [5.74, 6) is -1.38. The van der Waals surface area contributed by atoms with E-state index in [4.69, 9.17) is 4.74 Å². The molecule has 1 unspecified atom stereocenters. The summed E-state index contributed by atoms with van der Waals surface area (Å²) in [6, 6.07) is 21.9. The molecule has 4 rings (SSSR count). The number of carbonyl (C=O) groups excluding carboxylic acids is 3. The Morgan fingerprint density at radius 3 is 2.35 bits per heavy atom. The zero-order chi connectivity index (χ0) is 23.9. The van der Waals surface area contributed by atoms with Crippen molar-refractivity contribution >= 4 is 29.0 Å². The number of nitrogens with zero attached hydrogens (tertiary/aromatic N) is 2. The van der Waals surface area contributed by atoms with Gasteiger partial charge in [-0.25, -0.2) is 9.48 Å². The quantitative estimate of drug-likeness (QED) is 0.370. The number of rotatable bonds is 9. The smallest absolute Gasteiger partial charge is 0.342 e. The number of para-hydroxylation sites is 1. The number of hydrogen-bond donors (Lipinski definition) is 1. The van der Waals surface area contributed by atoms with Crippen molar-refractivity contribution in [1.82, 2.24) is 15.1 Å². The number of hydrogen-bond acceptors (Lipinski definition) is 6. The second-order valence-electron chi connectivity index (χ2n) is 7.65. The first-order valence-corrected chi connectivity index (χ1v) is 11.6. The molecule has 0 aliphatic carbocycles. The number of Topliss-reactive ketones (excluding diaryl/α,β-unsaturated/α-hetero) is 1. The van der Waals surface area contributed by atoms with E-state index in [1.54, 1.807) is 10.9 Å². The Balaban J connectivity index is 1.45. The lowest BCUT2D eigenvalue weighted by Crippen LogP contribution is -2.43. The molecule has 2 heterocycles. The molecule has 0 spiro atoms. The van der Waals surface area contributed by atoms with Crippen molar-refractivity contribution in [3.05, 3.63) is 95.5 Å². The van der Waals surface area contributed by atoms with Crippen LogP contribution in [0.4, 0.5) is 0 Å². The lowest BCUT2D eigenvalue weighted by atomic mass is 10.0. The molecular formula is C26H23N3O4S. The van der Waals surface area contributed by atoms with Crippen LogP contribution in [0.5, 0.6) is 0 Å². The molecule has 2 aromatic heterocycles. The topological polar surface area (TPSA) is 90.3 Å². The molecule has 0 saturated carbocycles. The Labute approximate surface area is 201 Å². The Bertz CT molecular complexity index is 1270. The Morgan fingerprint density at radius 2 is 1.71 bits per heavy atom. The van der Waals surface area contributed by atoms with Gasteiger partial charge in [-0.05, 0) is 42.5 Å². The van der Waals surface area contributed by atoms with Crippen LogP contribution in [0.2, 0.25) is 0 Å². The molecule has 172 valence electrons. The summed E-state index contributed by atoms with van der Waals surface area (Å²) < 4.78 is 6.91. The van der Waals surface area contributed by atoms with Crippen LogP contribution in [0.25, 0.3) is 16.3 Å². The van der Waals surface area contributed by atoms with E-state index in [0.29, 0.717) is 12.1 Å². The van der Waals surface area contributed by atoms with E-state index in [2.05, 4.69) is 10.4 Å². The number of benzene rings is 2. The first kappa shape index (κ1) is 23.1. The minimum absolute atomic E-state index is 0.173. The summed E-state index contributed by atoms with van der Waals surface area (Å²) in [6.45, 7) is 0.920. The summed E-state index contributed by atoms with van der Waals surface area (Å²) in [5, 5.41) is 9.13. The third-order valence-electron chi connectivity index (χ3n) is 5.15. The van der Waals surface area contributed by atoms with Gasteiger partial charge >= 0.3 is 5.97 Å². The van der Waals surface area contributed by atoms with Gasteiger partial charge in [0.15, 0.2) is 12.4 Å². The second-order valence-corrected chi connectivity index (χ2v) is 8.59. The second kappa shape index (κ2) is 10.7. The van der Waals surface area contributed by atoms with Gasteiger partial charge in [-0.3, -0.25) is 9.59 Å². The van der Waals surface area contributed by atoms with Crippen LogP contribution in [0.3, 0.4) is 0 Å². The highest BCUT2D eigenvalue weighted by Crippen LogP contribution is 2.28. The maximum Gasteiger partial charge on any atom is 0.342 e. The van der Waals surface area contributed by atoms with E-state index in [-0.39, 0.29) is 11.3 Å². The number of aromatic nitrogens is 2. The molecule has 34 heavy (non-hydrogen) atoms. The fraction of sp³-hybridized carbons (Fsp3) is 0.154. The van der Waals surface area contributed by atoms with Gasteiger partial charge in [0.25, 0.3) is 5.91 Å². The largest absolute Gasteiger partial charge is 0.452 e. The predicted molar refractivity (Wildman–Crippen MR) is 130 cm³/mol. The highest BCUT2D eigenvalue weighted by Gasteiger charge is 2.23. The van der Waals surface area contributed by atoms with Gasteiger partial charge in [0.1, 0.15) is 11.3 Å². The fourth-order valence-electron chi connectivity index (χ4n) is 3.42. The molecule has 1 atom stereocenters. The van der Waals surface area contributed by atoms with Crippen LogP contribution < -0.4 is 5.32 Å². The zero-order valence-electron chi connectivity index (χ0n) is 18.5. The molecule has 0 fully saturated rings. The maximum atomic E-state index is 12.9. The fourth-order valence-corrected chi connectivity index (χ4v) is 4.15. The van der Waals surface area contributed by atoms with E-state index in [0.717, 1.165) is 16.1 Å². The third kappa shape index (κ3) is 5.65. The summed E-state index contributed by atoms with van der Waals surface area (Å²) >= 11 is 1.45. The first-order chi connectivity index (χ1) is 16.5. The minimum Gasteiger partial charge on any atom is -0.452 e. The number of carbonyl (C=O) groups is 3. The van der Waals surface area contributed by atoms with Crippen LogP contribution in [0.1, 0.15) is 22.8 Å². The summed E-state index contributed by atoms with van der Waals surface area (Å²) in [5.41, 5.74) is 2.46. The van der Waals surface area contributed by atoms with Gasteiger partial charge in [0, 0.05) is 6.20 Å². The van der Waals surface area contributed by atoms with E-state index >= 15 is 0 Å². The monoisotopic (exact) mass is 473 g/mol. The van der Waals surface area contributed by atoms with Gasteiger partial charge in [-0.15, -0.1) is 11.3 Å². The summed E-state index contributed by atoms with van der Waals surface area (Å²) in [7, 11) is 0. The molecule has 1 amide bonds. The van der Waals surface area contributed by atoms with E-state index in [1.165, 1.54) is 18.3 Å². The van der Waals surface area contributed by atoms with Crippen molar-refractivity contribution in [2.75, 3.05) is 6.61 Å².